The van der Waals surface area contributed by atoms with Gasteiger partial charge in [-0.25, -0.2) is 0 Å². The molecule has 2 heteroatoms. The lowest BCUT2D eigenvalue weighted by Crippen LogP contribution is -2.21. The van der Waals surface area contributed by atoms with Crippen molar-refractivity contribution < 1.29 is 9.53 Å². The second kappa shape index (κ2) is 13.8. The SMILES string of the molecule is CC.CC.Cc1ccc(C(=O)C(C)OCCC(C)C)cc1. The van der Waals surface area contributed by atoms with E-state index in [1.165, 1.54) is 0 Å². The van der Waals surface area contributed by atoms with E-state index in [4.69, 9.17) is 4.74 Å². The van der Waals surface area contributed by atoms with E-state index in [0.29, 0.717) is 12.5 Å². The van der Waals surface area contributed by atoms with Crippen LogP contribution in [0.1, 0.15) is 70.8 Å². The van der Waals surface area contributed by atoms with Gasteiger partial charge < -0.3 is 4.74 Å². The molecule has 1 aromatic carbocycles. The summed E-state index contributed by atoms with van der Waals surface area (Å²) in [6.45, 7) is 16.8. The number of ether oxygens (including phenoxy) is 1. The van der Waals surface area contributed by atoms with Gasteiger partial charge >= 0.3 is 0 Å². The highest BCUT2D eigenvalue weighted by Gasteiger charge is 2.15. The normalized spacial score (nSPS) is 10.9. The van der Waals surface area contributed by atoms with E-state index < -0.39 is 0 Å². The fourth-order valence-corrected chi connectivity index (χ4v) is 1.51. The Kier molecular flexibility index (Phi) is 14.6. The number of Topliss-reactive ketones (excluding diaryl/α,β-unsaturated/α-hetero) is 1. The molecule has 0 spiro atoms. The number of hydrogen-bond donors (Lipinski definition) is 0. The van der Waals surface area contributed by atoms with E-state index in [1.807, 2.05) is 65.8 Å². The Bertz CT molecular complexity index is 352. The Morgan fingerprint density at radius 3 is 1.90 bits per heavy atom. The lowest BCUT2D eigenvalue weighted by Gasteiger charge is -2.13. The van der Waals surface area contributed by atoms with E-state index >= 15 is 0 Å². The summed E-state index contributed by atoms with van der Waals surface area (Å²) in [6, 6.07) is 7.63. The highest BCUT2D eigenvalue weighted by atomic mass is 16.5. The van der Waals surface area contributed by atoms with Crippen LogP contribution < -0.4 is 0 Å². The third kappa shape index (κ3) is 10.3. The van der Waals surface area contributed by atoms with Crippen molar-refractivity contribution >= 4 is 5.78 Å². The summed E-state index contributed by atoms with van der Waals surface area (Å²) in [4.78, 5) is 12.0. The minimum Gasteiger partial charge on any atom is -0.370 e. The average Bonchev–Trinajstić information content (AvgIpc) is 2.51. The highest BCUT2D eigenvalue weighted by Crippen LogP contribution is 2.09. The standard InChI is InChI=1S/C15H22O2.2C2H6/c1-11(2)9-10-17-13(4)15(16)14-7-5-12(3)6-8-14;2*1-2/h5-8,11,13H,9-10H2,1-4H3;2*1-2H3. The van der Waals surface area contributed by atoms with Crippen LogP contribution in [-0.2, 0) is 4.74 Å². The lowest BCUT2D eigenvalue weighted by molar-refractivity contribution is 0.0443. The fourth-order valence-electron chi connectivity index (χ4n) is 1.51. The third-order valence-electron chi connectivity index (χ3n) is 2.77. The van der Waals surface area contributed by atoms with Crippen LogP contribution in [0.2, 0.25) is 0 Å². The first-order valence-electron chi connectivity index (χ1n) is 8.23. The number of rotatable bonds is 6. The number of hydrogen-bond acceptors (Lipinski definition) is 2. The van der Waals surface area contributed by atoms with Crippen LogP contribution in [-0.4, -0.2) is 18.5 Å². The van der Waals surface area contributed by atoms with Gasteiger partial charge in [0.25, 0.3) is 0 Å². The molecule has 0 saturated heterocycles. The monoisotopic (exact) mass is 294 g/mol. The summed E-state index contributed by atoms with van der Waals surface area (Å²) < 4.78 is 5.55. The number of carbonyl (C=O) groups excluding carboxylic acids is 1. The van der Waals surface area contributed by atoms with Gasteiger partial charge in [0.15, 0.2) is 5.78 Å². The molecule has 1 atom stereocenters. The smallest absolute Gasteiger partial charge is 0.191 e. The molecule has 0 aromatic heterocycles. The Morgan fingerprint density at radius 1 is 1.00 bits per heavy atom. The molecule has 0 N–H and O–H groups in total. The highest BCUT2D eigenvalue weighted by molar-refractivity contribution is 5.99. The van der Waals surface area contributed by atoms with Crippen molar-refractivity contribution in [3.05, 3.63) is 35.4 Å². The van der Waals surface area contributed by atoms with Crippen LogP contribution in [0, 0.1) is 12.8 Å². The zero-order chi connectivity index (χ0) is 16.8. The second-order valence-corrected chi connectivity index (χ2v) is 4.93. The van der Waals surface area contributed by atoms with Gasteiger partial charge in [-0.15, -0.1) is 0 Å². The molecule has 0 bridgehead atoms. The maximum absolute atomic E-state index is 12.0. The Labute approximate surface area is 131 Å². The topological polar surface area (TPSA) is 26.3 Å². The van der Waals surface area contributed by atoms with Crippen molar-refractivity contribution in [3.8, 4) is 0 Å². The summed E-state index contributed by atoms with van der Waals surface area (Å²) in [5.41, 5.74) is 1.89. The van der Waals surface area contributed by atoms with Gasteiger partial charge in [0.05, 0.1) is 0 Å². The van der Waals surface area contributed by atoms with Gasteiger partial charge in [0.2, 0.25) is 0 Å². The number of benzene rings is 1. The van der Waals surface area contributed by atoms with Crippen molar-refractivity contribution in [2.75, 3.05) is 6.61 Å². The molecule has 0 radical (unpaired) electrons. The number of ketones is 1. The molecule has 0 heterocycles. The fraction of sp³-hybridized carbons (Fsp3) is 0.632. The Hall–Kier alpha value is -1.15. The van der Waals surface area contributed by atoms with Crippen molar-refractivity contribution in [1.82, 2.24) is 0 Å². The van der Waals surface area contributed by atoms with Crippen LogP contribution in [0.4, 0.5) is 0 Å². The summed E-state index contributed by atoms with van der Waals surface area (Å²) in [6.07, 6.45) is 0.641. The predicted molar refractivity (Wildman–Crippen MR) is 93.1 cm³/mol. The Balaban J connectivity index is 0. The molecule has 0 aliphatic heterocycles. The summed E-state index contributed by atoms with van der Waals surface area (Å²) in [7, 11) is 0. The van der Waals surface area contributed by atoms with Crippen LogP contribution in [0.15, 0.2) is 24.3 Å². The van der Waals surface area contributed by atoms with Gasteiger partial charge in [0.1, 0.15) is 6.10 Å². The van der Waals surface area contributed by atoms with Crippen LogP contribution in [0.25, 0.3) is 0 Å². The Morgan fingerprint density at radius 2 is 1.48 bits per heavy atom. The first kappa shape index (κ1) is 22.1. The predicted octanol–water partition coefficient (Wildman–Crippen LogP) is 5.68. The molecule has 1 rings (SSSR count). The van der Waals surface area contributed by atoms with E-state index in [-0.39, 0.29) is 11.9 Å². The molecule has 1 unspecified atom stereocenters. The zero-order valence-electron chi connectivity index (χ0n) is 15.2. The second-order valence-electron chi connectivity index (χ2n) is 4.93. The maximum atomic E-state index is 12.0. The molecule has 0 fully saturated rings. The summed E-state index contributed by atoms with van der Waals surface area (Å²) in [5, 5.41) is 0. The molecule has 0 aliphatic rings. The van der Waals surface area contributed by atoms with E-state index in [0.717, 1.165) is 17.5 Å². The van der Waals surface area contributed by atoms with E-state index in [1.54, 1.807) is 0 Å². The van der Waals surface area contributed by atoms with Crippen LogP contribution in [0.3, 0.4) is 0 Å². The maximum Gasteiger partial charge on any atom is 0.191 e. The summed E-state index contributed by atoms with van der Waals surface area (Å²) >= 11 is 0. The van der Waals surface area contributed by atoms with Crippen molar-refractivity contribution in [1.29, 1.82) is 0 Å². The molecular weight excluding hydrogens is 260 g/mol. The van der Waals surface area contributed by atoms with Gasteiger partial charge in [-0.05, 0) is 26.2 Å². The van der Waals surface area contributed by atoms with Crippen LogP contribution >= 0.6 is 0 Å². The van der Waals surface area contributed by atoms with Crippen molar-refractivity contribution in [3.63, 3.8) is 0 Å². The van der Waals surface area contributed by atoms with Gasteiger partial charge in [-0.2, -0.15) is 0 Å². The molecular formula is C19H34O2. The molecule has 0 saturated carbocycles. The van der Waals surface area contributed by atoms with Gasteiger partial charge in [-0.1, -0.05) is 71.4 Å². The number of aryl methyl sites for hydroxylation is 1. The molecule has 0 aliphatic carbocycles. The minimum absolute atomic E-state index is 0.0637. The van der Waals surface area contributed by atoms with Gasteiger partial charge in [-0.3, -0.25) is 4.79 Å². The van der Waals surface area contributed by atoms with Crippen molar-refractivity contribution in [2.45, 2.75) is 67.9 Å². The summed E-state index contributed by atoms with van der Waals surface area (Å²) in [5.74, 6) is 0.672. The quantitative estimate of drug-likeness (QED) is 0.631. The molecule has 1 aromatic rings. The lowest BCUT2D eigenvalue weighted by atomic mass is 10.1. The third-order valence-corrected chi connectivity index (χ3v) is 2.77. The largest absolute Gasteiger partial charge is 0.370 e. The first-order chi connectivity index (χ1) is 10.0. The van der Waals surface area contributed by atoms with E-state index in [9.17, 15) is 4.79 Å². The average molecular weight is 294 g/mol. The minimum atomic E-state index is -0.351. The van der Waals surface area contributed by atoms with Crippen LogP contribution in [0.5, 0.6) is 0 Å². The molecule has 2 nitrogen and oxygen atoms in total. The zero-order valence-corrected chi connectivity index (χ0v) is 15.2. The number of carbonyl (C=O) groups is 1. The first-order valence-corrected chi connectivity index (χ1v) is 8.23. The van der Waals surface area contributed by atoms with Gasteiger partial charge in [0, 0.05) is 12.2 Å². The van der Waals surface area contributed by atoms with Crippen molar-refractivity contribution in [2.24, 2.45) is 5.92 Å². The molecule has 0 amide bonds. The van der Waals surface area contributed by atoms with E-state index in [2.05, 4.69) is 13.8 Å². The molecule has 122 valence electrons. The molecule has 21 heavy (non-hydrogen) atoms.